The average Bonchev–Trinajstić information content (AvgIpc) is 2.35. The van der Waals surface area contributed by atoms with Crippen LogP contribution in [0.1, 0.15) is 19.4 Å². The summed E-state index contributed by atoms with van der Waals surface area (Å²) in [6, 6.07) is 7.20. The van der Waals surface area contributed by atoms with E-state index >= 15 is 0 Å². The highest BCUT2D eigenvalue weighted by Gasteiger charge is 2.19. The van der Waals surface area contributed by atoms with Gasteiger partial charge in [0.15, 0.2) is 0 Å². The van der Waals surface area contributed by atoms with E-state index in [1.807, 2.05) is 12.1 Å². The maximum absolute atomic E-state index is 12.3. The Morgan fingerprint density at radius 1 is 1.20 bits per heavy atom. The molecule has 1 aromatic rings. The maximum Gasteiger partial charge on any atom is 0.242 e. The van der Waals surface area contributed by atoms with Gasteiger partial charge in [-0.25, -0.2) is 8.42 Å². The van der Waals surface area contributed by atoms with E-state index in [0.29, 0.717) is 23.9 Å². The normalized spacial score (nSPS) is 11.7. The van der Waals surface area contributed by atoms with Crippen molar-refractivity contribution in [3.63, 3.8) is 0 Å². The fourth-order valence-corrected chi connectivity index (χ4v) is 3.01. The molecule has 0 amide bonds. The Balaban J connectivity index is 0.00000361. The van der Waals surface area contributed by atoms with E-state index in [4.69, 9.17) is 0 Å². The third kappa shape index (κ3) is 5.40. The number of nitrogens with zero attached hydrogens (tertiary/aromatic N) is 1. The van der Waals surface area contributed by atoms with Gasteiger partial charge in [-0.05, 0) is 37.1 Å². The van der Waals surface area contributed by atoms with Gasteiger partial charge in [0.1, 0.15) is 0 Å². The van der Waals surface area contributed by atoms with Crippen LogP contribution >= 0.6 is 12.4 Å². The molecule has 0 spiro atoms. The minimum Gasteiger partial charge on any atom is -0.318 e. The van der Waals surface area contributed by atoms with Gasteiger partial charge >= 0.3 is 0 Å². The smallest absolute Gasteiger partial charge is 0.242 e. The molecule has 0 radical (unpaired) electrons. The second-order valence-electron chi connectivity index (χ2n) is 5.17. The van der Waals surface area contributed by atoms with Crippen molar-refractivity contribution in [2.45, 2.75) is 25.2 Å². The third-order valence-electron chi connectivity index (χ3n) is 2.95. The number of nitrogens with one attached hydrogen (secondary N) is 1. The van der Waals surface area contributed by atoms with Crippen molar-refractivity contribution in [1.29, 1.82) is 0 Å². The molecule has 1 N–H and O–H groups in total. The zero-order valence-electron chi connectivity index (χ0n) is 12.6. The minimum atomic E-state index is -3.36. The first-order valence-electron chi connectivity index (χ1n) is 6.57. The molecule has 0 aliphatic rings. The fraction of sp³-hybridized carbons (Fsp3) is 0.571. The zero-order valence-corrected chi connectivity index (χ0v) is 14.2. The van der Waals surface area contributed by atoms with Crippen LogP contribution in [0.5, 0.6) is 0 Å². The van der Waals surface area contributed by atoms with E-state index in [9.17, 15) is 8.42 Å². The van der Waals surface area contributed by atoms with Crippen LogP contribution in [-0.4, -0.2) is 39.9 Å². The second-order valence-corrected chi connectivity index (χ2v) is 7.22. The van der Waals surface area contributed by atoms with Crippen LogP contribution in [0.2, 0.25) is 0 Å². The molecule has 0 unspecified atom stereocenters. The molecule has 6 heteroatoms. The molecular formula is C14H25ClN2O2S. The summed E-state index contributed by atoms with van der Waals surface area (Å²) in [5.74, 6) is 0.570. The molecule has 1 rings (SSSR count). The summed E-state index contributed by atoms with van der Waals surface area (Å²) < 4.78 is 25.9. The number of benzene rings is 1. The predicted octanol–water partition coefficient (Wildman–Crippen LogP) is 2.15. The number of likely N-dealkylation sites (N-methyl/N-ethyl adjacent to an activating group) is 2. The Morgan fingerprint density at radius 3 is 2.20 bits per heavy atom. The number of hydrogen-bond acceptors (Lipinski definition) is 3. The largest absolute Gasteiger partial charge is 0.318 e. The summed E-state index contributed by atoms with van der Waals surface area (Å²) in [5, 5.41) is 2.95. The number of hydrogen-bond donors (Lipinski definition) is 1. The lowest BCUT2D eigenvalue weighted by Gasteiger charge is -2.17. The highest BCUT2D eigenvalue weighted by atomic mass is 35.5. The lowest BCUT2D eigenvalue weighted by atomic mass is 10.0. The van der Waals surface area contributed by atoms with Crippen molar-refractivity contribution in [3.05, 3.63) is 29.8 Å². The Morgan fingerprint density at radius 2 is 1.75 bits per heavy atom. The van der Waals surface area contributed by atoms with E-state index in [1.165, 1.54) is 9.87 Å². The number of halogens is 1. The minimum absolute atomic E-state index is 0. The van der Waals surface area contributed by atoms with Gasteiger partial charge in [0.05, 0.1) is 4.90 Å². The van der Waals surface area contributed by atoms with Gasteiger partial charge in [0.2, 0.25) is 10.0 Å². The SMILES string of the molecule is CNCCN(C)S(=O)(=O)c1ccc(CC(C)C)cc1.Cl. The molecule has 0 aliphatic heterocycles. The van der Waals surface area contributed by atoms with E-state index in [0.717, 1.165) is 6.42 Å². The predicted molar refractivity (Wildman–Crippen MR) is 86.0 cm³/mol. The molecule has 116 valence electrons. The molecule has 0 saturated carbocycles. The van der Waals surface area contributed by atoms with Crippen molar-refractivity contribution in [3.8, 4) is 0 Å². The summed E-state index contributed by atoms with van der Waals surface area (Å²) in [6.45, 7) is 5.40. The molecule has 0 fully saturated rings. The topological polar surface area (TPSA) is 49.4 Å². The molecule has 1 aromatic carbocycles. The maximum atomic E-state index is 12.3. The van der Waals surface area contributed by atoms with Crippen molar-refractivity contribution in [1.82, 2.24) is 9.62 Å². The van der Waals surface area contributed by atoms with Crippen LogP contribution < -0.4 is 5.32 Å². The van der Waals surface area contributed by atoms with Gasteiger partial charge in [-0.1, -0.05) is 26.0 Å². The van der Waals surface area contributed by atoms with Crippen LogP contribution in [0.3, 0.4) is 0 Å². The van der Waals surface area contributed by atoms with Crippen molar-refractivity contribution in [2.24, 2.45) is 5.92 Å². The Hall–Kier alpha value is -0.620. The van der Waals surface area contributed by atoms with Crippen LogP contribution in [0, 0.1) is 5.92 Å². The molecule has 0 heterocycles. The van der Waals surface area contributed by atoms with Crippen molar-refractivity contribution < 1.29 is 8.42 Å². The molecule has 0 bridgehead atoms. The van der Waals surface area contributed by atoms with E-state index < -0.39 is 10.0 Å². The molecule has 0 aromatic heterocycles. The fourth-order valence-electron chi connectivity index (χ4n) is 1.84. The molecule has 4 nitrogen and oxygen atoms in total. The van der Waals surface area contributed by atoms with Gasteiger partial charge in [0.25, 0.3) is 0 Å². The average molecular weight is 321 g/mol. The number of rotatable bonds is 7. The first kappa shape index (κ1) is 19.4. The molecular weight excluding hydrogens is 296 g/mol. The van der Waals surface area contributed by atoms with Crippen LogP contribution in [0.4, 0.5) is 0 Å². The lowest BCUT2D eigenvalue weighted by Crippen LogP contribution is -2.32. The third-order valence-corrected chi connectivity index (χ3v) is 4.82. The standard InChI is InChI=1S/C14H24N2O2S.ClH/c1-12(2)11-13-5-7-14(8-6-13)19(17,18)16(4)10-9-15-3;/h5-8,12,15H,9-11H2,1-4H3;1H. The van der Waals surface area contributed by atoms with Gasteiger partial charge in [-0.3, -0.25) is 0 Å². The van der Waals surface area contributed by atoms with E-state index in [2.05, 4.69) is 19.2 Å². The molecule has 0 atom stereocenters. The monoisotopic (exact) mass is 320 g/mol. The van der Waals surface area contributed by atoms with Crippen molar-refractivity contribution >= 4 is 22.4 Å². The Kier molecular flexibility index (Phi) is 8.35. The van der Waals surface area contributed by atoms with Gasteiger partial charge in [-0.15, -0.1) is 12.4 Å². The quantitative estimate of drug-likeness (QED) is 0.837. The van der Waals surface area contributed by atoms with Gasteiger partial charge in [0, 0.05) is 20.1 Å². The molecule has 0 saturated heterocycles. The van der Waals surface area contributed by atoms with Gasteiger partial charge < -0.3 is 5.32 Å². The van der Waals surface area contributed by atoms with Crippen LogP contribution in [-0.2, 0) is 16.4 Å². The van der Waals surface area contributed by atoms with Crippen LogP contribution in [0.15, 0.2) is 29.2 Å². The van der Waals surface area contributed by atoms with Crippen LogP contribution in [0.25, 0.3) is 0 Å². The first-order valence-corrected chi connectivity index (χ1v) is 8.01. The summed E-state index contributed by atoms with van der Waals surface area (Å²) in [6.07, 6.45) is 0.968. The van der Waals surface area contributed by atoms with Crippen molar-refractivity contribution in [2.75, 3.05) is 27.2 Å². The van der Waals surface area contributed by atoms with E-state index in [1.54, 1.807) is 26.2 Å². The van der Waals surface area contributed by atoms with Gasteiger partial charge in [-0.2, -0.15) is 4.31 Å². The zero-order chi connectivity index (χ0) is 14.5. The lowest BCUT2D eigenvalue weighted by molar-refractivity contribution is 0.466. The number of sulfonamides is 1. The summed E-state index contributed by atoms with van der Waals surface area (Å²) >= 11 is 0. The highest BCUT2D eigenvalue weighted by Crippen LogP contribution is 2.16. The first-order chi connectivity index (χ1) is 8.87. The highest BCUT2D eigenvalue weighted by molar-refractivity contribution is 7.89. The second kappa shape index (κ2) is 8.62. The molecule has 0 aliphatic carbocycles. The van der Waals surface area contributed by atoms with E-state index in [-0.39, 0.29) is 12.4 Å². The Bertz CT molecular complexity index is 486. The summed E-state index contributed by atoms with van der Waals surface area (Å²) in [5.41, 5.74) is 1.17. The molecule has 20 heavy (non-hydrogen) atoms. The summed E-state index contributed by atoms with van der Waals surface area (Å²) in [4.78, 5) is 0.360. The Labute approximate surface area is 129 Å². The summed E-state index contributed by atoms with van der Waals surface area (Å²) in [7, 11) is 0.0494.